The average molecular weight is 178 g/mol. The number of benzene rings is 1. The van der Waals surface area contributed by atoms with Crippen molar-refractivity contribution in [2.45, 2.75) is 13.0 Å². The van der Waals surface area contributed by atoms with Crippen molar-refractivity contribution in [1.82, 2.24) is 5.16 Å². The minimum Gasteiger partial charge on any atom is -0.398 e. The number of aromatic nitrogens is 1. The van der Waals surface area contributed by atoms with E-state index in [2.05, 4.69) is 5.16 Å². The number of rotatable bonds is 1. The third-order valence-electron chi connectivity index (χ3n) is 2.01. The summed E-state index contributed by atoms with van der Waals surface area (Å²) in [5.74, 6) is 0. The molecule has 0 aliphatic rings. The van der Waals surface area contributed by atoms with Crippen LogP contribution < -0.4 is 5.73 Å². The van der Waals surface area contributed by atoms with E-state index < -0.39 is 6.10 Å². The van der Waals surface area contributed by atoms with Gasteiger partial charge >= 0.3 is 0 Å². The van der Waals surface area contributed by atoms with Gasteiger partial charge in [-0.15, -0.1) is 0 Å². The first-order valence-corrected chi connectivity index (χ1v) is 4.00. The minimum absolute atomic E-state index is 0.527. The van der Waals surface area contributed by atoms with E-state index >= 15 is 0 Å². The van der Waals surface area contributed by atoms with Crippen molar-refractivity contribution in [3.63, 3.8) is 0 Å². The number of aliphatic hydroxyl groups excluding tert-OH is 1. The Morgan fingerprint density at radius 3 is 3.00 bits per heavy atom. The molecular formula is C9H10N2O2. The van der Waals surface area contributed by atoms with E-state index in [-0.39, 0.29) is 0 Å². The van der Waals surface area contributed by atoms with Crippen molar-refractivity contribution in [3.05, 3.63) is 23.9 Å². The number of nitrogen functional groups attached to an aromatic ring is 1. The SMILES string of the molecule is CC(O)c1cc2cnoc2cc1N. The summed E-state index contributed by atoms with van der Waals surface area (Å²) in [7, 11) is 0. The Bertz CT molecular complexity index is 434. The maximum absolute atomic E-state index is 9.37. The van der Waals surface area contributed by atoms with Gasteiger partial charge in [0.2, 0.25) is 0 Å². The van der Waals surface area contributed by atoms with Crippen LogP contribution in [0.5, 0.6) is 0 Å². The molecule has 0 radical (unpaired) electrons. The largest absolute Gasteiger partial charge is 0.398 e. The summed E-state index contributed by atoms with van der Waals surface area (Å²) in [5, 5.41) is 13.9. The highest BCUT2D eigenvalue weighted by Gasteiger charge is 2.08. The highest BCUT2D eigenvalue weighted by molar-refractivity contribution is 5.81. The van der Waals surface area contributed by atoms with Crippen molar-refractivity contribution >= 4 is 16.7 Å². The molecule has 4 heteroatoms. The highest BCUT2D eigenvalue weighted by atomic mass is 16.5. The van der Waals surface area contributed by atoms with E-state index in [1.54, 1.807) is 25.3 Å². The second-order valence-corrected chi connectivity index (χ2v) is 3.02. The van der Waals surface area contributed by atoms with Gasteiger partial charge in [-0.25, -0.2) is 0 Å². The molecule has 0 spiro atoms. The van der Waals surface area contributed by atoms with Gasteiger partial charge < -0.3 is 15.4 Å². The predicted molar refractivity (Wildman–Crippen MR) is 49.1 cm³/mol. The lowest BCUT2D eigenvalue weighted by Gasteiger charge is -2.07. The normalized spacial score (nSPS) is 13.4. The molecule has 2 aromatic rings. The number of aliphatic hydroxyl groups is 1. The number of fused-ring (bicyclic) bond motifs is 1. The van der Waals surface area contributed by atoms with Gasteiger partial charge in [0.25, 0.3) is 0 Å². The van der Waals surface area contributed by atoms with Crippen molar-refractivity contribution in [2.75, 3.05) is 5.73 Å². The molecule has 0 fully saturated rings. The molecule has 1 aromatic carbocycles. The number of nitrogens with two attached hydrogens (primary N) is 1. The van der Waals surface area contributed by atoms with E-state index in [1.807, 2.05) is 0 Å². The van der Waals surface area contributed by atoms with Crippen molar-refractivity contribution in [1.29, 1.82) is 0 Å². The van der Waals surface area contributed by atoms with Gasteiger partial charge in [-0.2, -0.15) is 0 Å². The zero-order chi connectivity index (χ0) is 9.42. The minimum atomic E-state index is -0.570. The third kappa shape index (κ3) is 1.25. The van der Waals surface area contributed by atoms with Gasteiger partial charge in [0, 0.05) is 22.7 Å². The Morgan fingerprint density at radius 2 is 2.31 bits per heavy atom. The molecule has 0 bridgehead atoms. The predicted octanol–water partition coefficient (Wildman–Crippen LogP) is 1.46. The van der Waals surface area contributed by atoms with Crippen molar-refractivity contribution < 1.29 is 9.63 Å². The summed E-state index contributed by atoms with van der Waals surface area (Å²) < 4.78 is 4.92. The number of anilines is 1. The second-order valence-electron chi connectivity index (χ2n) is 3.02. The Kier molecular flexibility index (Phi) is 1.70. The van der Waals surface area contributed by atoms with Crippen LogP contribution in [0.2, 0.25) is 0 Å². The summed E-state index contributed by atoms with van der Waals surface area (Å²) in [6, 6.07) is 3.45. The molecule has 0 saturated carbocycles. The van der Waals surface area contributed by atoms with Crippen LogP contribution in [0.4, 0.5) is 5.69 Å². The van der Waals surface area contributed by atoms with Crippen LogP contribution in [0.25, 0.3) is 11.0 Å². The Balaban J connectivity index is 2.69. The molecule has 1 unspecified atom stereocenters. The Hall–Kier alpha value is -1.55. The first-order chi connectivity index (χ1) is 6.18. The highest BCUT2D eigenvalue weighted by Crippen LogP contribution is 2.26. The quantitative estimate of drug-likeness (QED) is 0.648. The third-order valence-corrected chi connectivity index (χ3v) is 2.01. The lowest BCUT2D eigenvalue weighted by molar-refractivity contribution is 0.200. The smallest absolute Gasteiger partial charge is 0.168 e. The van der Waals surface area contributed by atoms with E-state index in [0.29, 0.717) is 16.8 Å². The molecular weight excluding hydrogens is 168 g/mol. The van der Waals surface area contributed by atoms with Crippen LogP contribution in [-0.4, -0.2) is 10.3 Å². The molecule has 0 saturated heterocycles. The first kappa shape index (κ1) is 8.07. The van der Waals surface area contributed by atoms with Crippen LogP contribution >= 0.6 is 0 Å². The Morgan fingerprint density at radius 1 is 1.54 bits per heavy atom. The molecule has 1 aromatic heterocycles. The fraction of sp³-hybridized carbons (Fsp3) is 0.222. The van der Waals surface area contributed by atoms with Crippen molar-refractivity contribution in [2.24, 2.45) is 0 Å². The Labute approximate surface area is 74.9 Å². The molecule has 13 heavy (non-hydrogen) atoms. The zero-order valence-corrected chi connectivity index (χ0v) is 7.19. The second kappa shape index (κ2) is 2.74. The molecule has 1 atom stereocenters. The standard InChI is InChI=1S/C9H10N2O2/c1-5(12)7-2-6-4-11-13-9(6)3-8(7)10/h2-5,12H,10H2,1H3. The fourth-order valence-electron chi connectivity index (χ4n) is 1.31. The van der Waals surface area contributed by atoms with Gasteiger partial charge in [-0.05, 0) is 13.0 Å². The number of nitrogens with zero attached hydrogens (tertiary/aromatic N) is 1. The van der Waals surface area contributed by atoms with Crippen molar-refractivity contribution in [3.8, 4) is 0 Å². The summed E-state index contributed by atoms with van der Waals surface area (Å²) in [4.78, 5) is 0. The van der Waals surface area contributed by atoms with Crippen LogP contribution in [0.3, 0.4) is 0 Å². The molecule has 3 N–H and O–H groups in total. The van der Waals surface area contributed by atoms with Crippen LogP contribution in [-0.2, 0) is 0 Å². The molecule has 2 rings (SSSR count). The van der Waals surface area contributed by atoms with Gasteiger partial charge in [0.15, 0.2) is 5.58 Å². The molecule has 1 heterocycles. The lowest BCUT2D eigenvalue weighted by atomic mass is 10.1. The summed E-state index contributed by atoms with van der Waals surface area (Å²) in [5.41, 5.74) is 7.57. The van der Waals surface area contributed by atoms with Gasteiger partial charge in [0.1, 0.15) is 0 Å². The molecule has 0 amide bonds. The van der Waals surface area contributed by atoms with Crippen LogP contribution in [0.15, 0.2) is 22.9 Å². The van der Waals surface area contributed by atoms with Gasteiger partial charge in [0.05, 0.1) is 12.3 Å². The molecule has 0 aliphatic carbocycles. The maximum atomic E-state index is 9.37. The number of hydrogen-bond donors (Lipinski definition) is 2. The van der Waals surface area contributed by atoms with Gasteiger partial charge in [-0.3, -0.25) is 0 Å². The zero-order valence-electron chi connectivity index (χ0n) is 7.19. The molecule has 68 valence electrons. The average Bonchev–Trinajstić information content (AvgIpc) is 2.48. The monoisotopic (exact) mass is 178 g/mol. The van der Waals surface area contributed by atoms with E-state index in [0.717, 1.165) is 5.39 Å². The topological polar surface area (TPSA) is 72.3 Å². The summed E-state index contributed by atoms with van der Waals surface area (Å²) in [6.07, 6.45) is 1.03. The lowest BCUT2D eigenvalue weighted by Crippen LogP contribution is -1.97. The molecule has 0 aliphatic heterocycles. The van der Waals surface area contributed by atoms with Gasteiger partial charge in [-0.1, -0.05) is 5.16 Å². The van der Waals surface area contributed by atoms with Crippen LogP contribution in [0.1, 0.15) is 18.6 Å². The summed E-state index contributed by atoms with van der Waals surface area (Å²) >= 11 is 0. The summed E-state index contributed by atoms with van der Waals surface area (Å²) in [6.45, 7) is 1.67. The number of hydrogen-bond acceptors (Lipinski definition) is 4. The van der Waals surface area contributed by atoms with Crippen LogP contribution in [0, 0.1) is 0 Å². The van der Waals surface area contributed by atoms with E-state index in [1.165, 1.54) is 0 Å². The first-order valence-electron chi connectivity index (χ1n) is 4.00. The fourth-order valence-corrected chi connectivity index (χ4v) is 1.31. The molecule has 4 nitrogen and oxygen atoms in total. The van der Waals surface area contributed by atoms with E-state index in [4.69, 9.17) is 10.3 Å². The van der Waals surface area contributed by atoms with E-state index in [9.17, 15) is 5.11 Å². The maximum Gasteiger partial charge on any atom is 0.168 e.